The van der Waals surface area contributed by atoms with Crippen molar-refractivity contribution in [3.8, 4) is 11.4 Å². The highest BCUT2D eigenvalue weighted by Gasteiger charge is 2.16. The summed E-state index contributed by atoms with van der Waals surface area (Å²) in [6.07, 6.45) is 0. The number of rotatable bonds is 6. The van der Waals surface area contributed by atoms with Crippen molar-refractivity contribution in [2.45, 2.75) is 24.8 Å². The van der Waals surface area contributed by atoms with Crippen LogP contribution in [0.25, 0.3) is 16.0 Å². The van der Waals surface area contributed by atoms with E-state index < -0.39 is 0 Å². The molecule has 0 radical (unpaired) electrons. The van der Waals surface area contributed by atoms with Gasteiger partial charge >= 0.3 is 0 Å². The summed E-state index contributed by atoms with van der Waals surface area (Å²) >= 11 is 8.42. The molecule has 5 nitrogen and oxygen atoms in total. The standard InChI is InChI=1S/C22H21N3O2S3/c1-4-27-17-10-8-16(9-11-17)25-19-18(30-22(25)28)20(26)24(3)21(23-19)29-13-15-7-5-6-14(2)12-15/h5-12H,4,13H2,1-3H3. The first kappa shape index (κ1) is 20.8. The largest absolute Gasteiger partial charge is 0.494 e. The molecule has 4 rings (SSSR count). The van der Waals surface area contributed by atoms with Crippen molar-refractivity contribution in [3.63, 3.8) is 0 Å². The van der Waals surface area contributed by atoms with Gasteiger partial charge < -0.3 is 4.74 Å². The molecule has 4 aromatic rings. The van der Waals surface area contributed by atoms with Crippen molar-refractivity contribution in [2.75, 3.05) is 6.61 Å². The highest BCUT2D eigenvalue weighted by atomic mass is 32.2. The normalized spacial score (nSPS) is 11.2. The number of aryl methyl sites for hydroxylation is 1. The maximum absolute atomic E-state index is 13.0. The number of nitrogens with zero attached hydrogens (tertiary/aromatic N) is 3. The number of fused-ring (bicyclic) bond motifs is 1. The predicted octanol–water partition coefficient (Wildman–Crippen LogP) is 5.51. The van der Waals surface area contributed by atoms with Crippen LogP contribution in [0.2, 0.25) is 0 Å². The minimum atomic E-state index is -0.0764. The lowest BCUT2D eigenvalue weighted by molar-refractivity contribution is 0.340. The molecule has 0 aliphatic carbocycles. The second-order valence-electron chi connectivity index (χ2n) is 6.82. The minimum absolute atomic E-state index is 0.0764. The van der Waals surface area contributed by atoms with E-state index in [1.54, 1.807) is 23.4 Å². The lowest BCUT2D eigenvalue weighted by Crippen LogP contribution is -2.19. The van der Waals surface area contributed by atoms with E-state index in [-0.39, 0.29) is 5.56 Å². The molecule has 0 spiro atoms. The van der Waals surface area contributed by atoms with Crippen molar-refractivity contribution >= 4 is 45.7 Å². The molecule has 0 saturated carbocycles. The zero-order chi connectivity index (χ0) is 21.3. The Hall–Kier alpha value is -2.42. The summed E-state index contributed by atoms with van der Waals surface area (Å²) in [7, 11) is 1.76. The van der Waals surface area contributed by atoms with Gasteiger partial charge in [0.1, 0.15) is 10.4 Å². The molecule has 0 aliphatic rings. The Labute approximate surface area is 188 Å². The molecule has 154 valence electrons. The molecule has 0 N–H and O–H groups in total. The molecule has 0 aliphatic heterocycles. The van der Waals surface area contributed by atoms with Crippen LogP contribution >= 0.6 is 35.3 Å². The van der Waals surface area contributed by atoms with E-state index in [0.717, 1.165) is 17.2 Å². The summed E-state index contributed by atoms with van der Waals surface area (Å²) in [5.74, 6) is 1.53. The van der Waals surface area contributed by atoms with Crippen LogP contribution in [0, 0.1) is 10.9 Å². The first-order valence-corrected chi connectivity index (χ1v) is 11.7. The molecule has 0 unspecified atom stereocenters. The van der Waals surface area contributed by atoms with Crippen molar-refractivity contribution in [3.05, 3.63) is 74.0 Å². The van der Waals surface area contributed by atoms with Gasteiger partial charge in [0, 0.05) is 18.5 Å². The predicted molar refractivity (Wildman–Crippen MR) is 127 cm³/mol. The number of hydrogen-bond donors (Lipinski definition) is 0. The van der Waals surface area contributed by atoms with Gasteiger partial charge in [0.05, 0.1) is 6.61 Å². The number of thioether (sulfide) groups is 1. The fraction of sp³-hybridized carbons (Fsp3) is 0.227. The van der Waals surface area contributed by atoms with Crippen molar-refractivity contribution in [2.24, 2.45) is 7.05 Å². The zero-order valence-corrected chi connectivity index (χ0v) is 19.4. The van der Waals surface area contributed by atoms with Crippen molar-refractivity contribution in [1.29, 1.82) is 0 Å². The molecule has 0 amide bonds. The Bertz CT molecular complexity index is 1320. The average molecular weight is 456 g/mol. The van der Waals surface area contributed by atoms with Crippen LogP contribution in [0.15, 0.2) is 58.5 Å². The monoisotopic (exact) mass is 455 g/mol. The summed E-state index contributed by atoms with van der Waals surface area (Å²) in [6, 6.07) is 16.0. The van der Waals surface area contributed by atoms with Crippen LogP contribution in [0.4, 0.5) is 0 Å². The summed E-state index contributed by atoms with van der Waals surface area (Å²) in [5.41, 5.74) is 3.80. The Morgan fingerprint density at radius 1 is 1.20 bits per heavy atom. The first-order valence-electron chi connectivity index (χ1n) is 9.52. The van der Waals surface area contributed by atoms with E-state index in [1.807, 2.05) is 41.8 Å². The quantitative estimate of drug-likeness (QED) is 0.218. The van der Waals surface area contributed by atoms with E-state index in [9.17, 15) is 4.79 Å². The van der Waals surface area contributed by atoms with Crippen molar-refractivity contribution in [1.82, 2.24) is 14.1 Å². The number of thiazole rings is 1. The third-order valence-corrected chi connectivity index (χ3v) is 7.08. The molecule has 8 heteroatoms. The Kier molecular flexibility index (Phi) is 6.08. The van der Waals surface area contributed by atoms with Gasteiger partial charge in [-0.1, -0.05) is 52.9 Å². The second kappa shape index (κ2) is 8.75. The SMILES string of the molecule is CCOc1ccc(-n2c(=S)sc3c(=O)n(C)c(SCc4cccc(C)c4)nc32)cc1. The number of ether oxygens (including phenoxy) is 1. The molecular formula is C22H21N3O2S3. The van der Waals surface area contributed by atoms with Gasteiger partial charge in [-0.3, -0.25) is 13.9 Å². The van der Waals surface area contributed by atoms with Gasteiger partial charge in [-0.25, -0.2) is 4.98 Å². The van der Waals surface area contributed by atoms with Gasteiger partial charge in [0.15, 0.2) is 14.8 Å². The summed E-state index contributed by atoms with van der Waals surface area (Å²) in [6.45, 7) is 4.63. The van der Waals surface area contributed by atoms with Crippen LogP contribution in [-0.2, 0) is 12.8 Å². The fourth-order valence-electron chi connectivity index (χ4n) is 3.18. The van der Waals surface area contributed by atoms with Crippen LogP contribution in [0.5, 0.6) is 5.75 Å². The lowest BCUT2D eigenvalue weighted by atomic mass is 10.2. The van der Waals surface area contributed by atoms with Crippen molar-refractivity contribution < 1.29 is 4.74 Å². The first-order chi connectivity index (χ1) is 14.5. The second-order valence-corrected chi connectivity index (χ2v) is 9.41. The van der Waals surface area contributed by atoms with Gasteiger partial charge in [-0.2, -0.15) is 0 Å². The molecule has 0 bridgehead atoms. The van der Waals surface area contributed by atoms with E-state index >= 15 is 0 Å². The zero-order valence-electron chi connectivity index (χ0n) is 16.9. The number of hydrogen-bond acceptors (Lipinski definition) is 6. The fourth-order valence-corrected chi connectivity index (χ4v) is 5.43. The summed E-state index contributed by atoms with van der Waals surface area (Å²) in [4.78, 5) is 17.8. The molecule has 30 heavy (non-hydrogen) atoms. The smallest absolute Gasteiger partial charge is 0.273 e. The molecule has 2 heterocycles. The van der Waals surface area contributed by atoms with Gasteiger partial charge in [0.2, 0.25) is 0 Å². The summed E-state index contributed by atoms with van der Waals surface area (Å²) in [5, 5.41) is 0.668. The number of aromatic nitrogens is 3. The van der Waals surface area contributed by atoms with Crippen LogP contribution in [0.1, 0.15) is 18.1 Å². The maximum atomic E-state index is 13.0. The lowest BCUT2D eigenvalue weighted by Gasteiger charge is -2.10. The van der Waals surface area contributed by atoms with Gasteiger partial charge in [-0.15, -0.1) is 0 Å². The highest BCUT2D eigenvalue weighted by Crippen LogP contribution is 2.27. The molecule has 2 aromatic heterocycles. The van der Waals surface area contributed by atoms with Gasteiger partial charge in [-0.05, 0) is 55.9 Å². The van der Waals surface area contributed by atoms with Gasteiger partial charge in [0.25, 0.3) is 5.56 Å². The highest BCUT2D eigenvalue weighted by molar-refractivity contribution is 7.98. The topological polar surface area (TPSA) is 49.0 Å². The van der Waals surface area contributed by atoms with E-state index in [2.05, 4.69) is 25.1 Å². The Morgan fingerprint density at radius 3 is 2.67 bits per heavy atom. The minimum Gasteiger partial charge on any atom is -0.494 e. The Morgan fingerprint density at radius 2 is 1.97 bits per heavy atom. The third-order valence-electron chi connectivity index (χ3n) is 4.63. The maximum Gasteiger partial charge on any atom is 0.273 e. The molecule has 0 saturated heterocycles. The molecular weight excluding hydrogens is 434 g/mol. The summed E-state index contributed by atoms with van der Waals surface area (Å²) < 4.78 is 10.2. The molecule has 2 aromatic carbocycles. The molecule has 0 fully saturated rings. The van der Waals surface area contributed by atoms with E-state index in [0.29, 0.717) is 26.1 Å². The van der Waals surface area contributed by atoms with Crippen LogP contribution < -0.4 is 10.3 Å². The molecule has 0 atom stereocenters. The van der Waals surface area contributed by atoms with E-state index in [4.69, 9.17) is 21.9 Å². The number of benzene rings is 2. The van der Waals surface area contributed by atoms with E-state index in [1.165, 1.54) is 22.5 Å². The average Bonchev–Trinajstić information content (AvgIpc) is 3.07. The van der Waals surface area contributed by atoms with Crippen LogP contribution in [0.3, 0.4) is 0 Å². The Balaban J connectivity index is 1.76. The van der Waals surface area contributed by atoms with Crippen LogP contribution in [-0.4, -0.2) is 20.7 Å². The third kappa shape index (κ3) is 4.08.